The summed E-state index contributed by atoms with van der Waals surface area (Å²) in [6, 6.07) is 0.300. The number of nitrogens with one attached hydrogen (secondary N) is 1. The third-order valence-corrected chi connectivity index (χ3v) is 4.95. The molecule has 1 heterocycles. The summed E-state index contributed by atoms with van der Waals surface area (Å²) in [5.74, 6) is 0.229. The summed E-state index contributed by atoms with van der Waals surface area (Å²) in [6.07, 6.45) is 6.67. The normalized spacial score (nSPS) is 26.3. The largest absolute Gasteiger partial charge is 0.391 e. The van der Waals surface area contributed by atoms with E-state index < -0.39 is 6.10 Å². The van der Waals surface area contributed by atoms with Crippen LogP contribution in [-0.2, 0) is 4.79 Å². The smallest absolute Gasteiger partial charge is 0.230 e. The summed E-state index contributed by atoms with van der Waals surface area (Å²) in [5, 5.41) is 25.3. The van der Waals surface area contributed by atoms with Crippen LogP contribution in [-0.4, -0.2) is 49.1 Å². The topological polar surface area (TPSA) is 92.9 Å². The molecule has 0 bridgehead atoms. The Labute approximate surface area is 127 Å². The summed E-state index contributed by atoms with van der Waals surface area (Å²) < 4.78 is 1.80. The summed E-state index contributed by atoms with van der Waals surface area (Å²) in [5.41, 5.74) is 0. The molecule has 1 aromatic heterocycles. The Balaban J connectivity index is 1.48. The van der Waals surface area contributed by atoms with Crippen molar-refractivity contribution in [2.45, 2.75) is 68.3 Å². The van der Waals surface area contributed by atoms with Crippen molar-refractivity contribution in [2.75, 3.05) is 5.75 Å². The molecule has 0 aromatic carbocycles. The van der Waals surface area contributed by atoms with E-state index in [1.807, 2.05) is 0 Å². The molecule has 0 spiro atoms. The first-order valence-electron chi connectivity index (χ1n) is 7.62. The predicted octanol–water partition coefficient (Wildman–Crippen LogP) is 0.910. The zero-order valence-corrected chi connectivity index (χ0v) is 12.8. The van der Waals surface area contributed by atoms with Crippen LogP contribution in [0, 0.1) is 0 Å². The number of rotatable bonds is 5. The number of thioether (sulfide) groups is 1. The molecule has 0 radical (unpaired) electrons. The molecular weight excluding hydrogens is 290 g/mol. The van der Waals surface area contributed by atoms with Crippen LogP contribution in [0.4, 0.5) is 0 Å². The van der Waals surface area contributed by atoms with Crippen molar-refractivity contribution in [2.24, 2.45) is 0 Å². The van der Waals surface area contributed by atoms with E-state index in [2.05, 4.69) is 20.8 Å². The zero-order valence-electron chi connectivity index (χ0n) is 11.9. The number of aliphatic hydroxyl groups excluding tert-OH is 1. The van der Waals surface area contributed by atoms with Crippen molar-refractivity contribution in [3.05, 3.63) is 0 Å². The van der Waals surface area contributed by atoms with Crippen LogP contribution in [0.2, 0.25) is 0 Å². The number of hydrogen-bond donors (Lipinski definition) is 2. The van der Waals surface area contributed by atoms with Crippen LogP contribution in [0.25, 0.3) is 0 Å². The Bertz CT molecular complexity index is 491. The van der Waals surface area contributed by atoms with E-state index in [9.17, 15) is 9.90 Å². The minimum Gasteiger partial charge on any atom is -0.391 e. The highest BCUT2D eigenvalue weighted by Crippen LogP contribution is 2.36. The molecule has 0 aliphatic heterocycles. The number of tetrazole rings is 1. The molecule has 0 saturated heterocycles. The van der Waals surface area contributed by atoms with E-state index in [-0.39, 0.29) is 17.7 Å². The van der Waals surface area contributed by atoms with Gasteiger partial charge in [-0.05, 0) is 36.1 Å². The molecule has 2 atom stereocenters. The summed E-state index contributed by atoms with van der Waals surface area (Å²) in [6.45, 7) is 0. The Morgan fingerprint density at radius 1 is 1.29 bits per heavy atom. The van der Waals surface area contributed by atoms with E-state index in [4.69, 9.17) is 0 Å². The molecule has 1 aromatic rings. The van der Waals surface area contributed by atoms with E-state index in [0.717, 1.165) is 44.9 Å². The van der Waals surface area contributed by atoms with Crippen LogP contribution < -0.4 is 5.32 Å². The van der Waals surface area contributed by atoms with Gasteiger partial charge in [-0.25, -0.2) is 4.68 Å². The van der Waals surface area contributed by atoms with Crippen LogP contribution in [0.3, 0.4) is 0 Å². The Hall–Kier alpha value is -1.15. The van der Waals surface area contributed by atoms with E-state index in [1.54, 1.807) is 4.68 Å². The number of carbonyl (C=O) groups is 1. The molecule has 2 aliphatic carbocycles. The number of amides is 1. The SMILES string of the molecule is O=C(CSc1nnnn1C1CC1)NC1CCCCCC1O. The zero-order chi connectivity index (χ0) is 14.7. The minimum absolute atomic E-state index is 0.0590. The Morgan fingerprint density at radius 2 is 2.10 bits per heavy atom. The molecule has 2 fully saturated rings. The van der Waals surface area contributed by atoms with E-state index >= 15 is 0 Å². The lowest BCUT2D eigenvalue weighted by Gasteiger charge is -2.21. The van der Waals surface area contributed by atoms with Crippen LogP contribution in [0.5, 0.6) is 0 Å². The molecule has 2 N–H and O–H groups in total. The van der Waals surface area contributed by atoms with Crippen LogP contribution in [0.1, 0.15) is 51.0 Å². The fraction of sp³-hybridized carbons (Fsp3) is 0.846. The molecule has 7 nitrogen and oxygen atoms in total. The van der Waals surface area contributed by atoms with E-state index in [0.29, 0.717) is 11.2 Å². The second-order valence-corrected chi connectivity index (χ2v) is 6.75. The van der Waals surface area contributed by atoms with Crippen molar-refractivity contribution in [1.82, 2.24) is 25.5 Å². The third-order valence-electron chi connectivity index (χ3n) is 4.01. The van der Waals surface area contributed by atoms with Gasteiger partial charge in [0.15, 0.2) is 0 Å². The molecule has 8 heteroatoms. The van der Waals surface area contributed by atoms with Gasteiger partial charge < -0.3 is 10.4 Å². The Kier molecular flexibility index (Phi) is 4.74. The lowest BCUT2D eigenvalue weighted by Crippen LogP contribution is -2.43. The molecule has 21 heavy (non-hydrogen) atoms. The molecule has 1 amide bonds. The number of aromatic nitrogens is 4. The van der Waals surface area contributed by atoms with Crippen molar-refractivity contribution < 1.29 is 9.90 Å². The quantitative estimate of drug-likeness (QED) is 0.620. The van der Waals surface area contributed by atoms with Gasteiger partial charge in [-0.2, -0.15) is 0 Å². The summed E-state index contributed by atoms with van der Waals surface area (Å²) >= 11 is 1.36. The number of hydrogen-bond acceptors (Lipinski definition) is 6. The highest BCUT2D eigenvalue weighted by Gasteiger charge is 2.28. The third kappa shape index (κ3) is 3.94. The van der Waals surface area contributed by atoms with Gasteiger partial charge >= 0.3 is 0 Å². The van der Waals surface area contributed by atoms with Crippen molar-refractivity contribution in [1.29, 1.82) is 0 Å². The summed E-state index contributed by atoms with van der Waals surface area (Å²) in [4.78, 5) is 12.0. The van der Waals surface area contributed by atoms with Gasteiger partial charge in [0.2, 0.25) is 11.1 Å². The standard InChI is InChI=1S/C13H21N5O2S/c19-11-5-3-1-2-4-10(11)14-12(20)8-21-13-15-16-17-18(13)9-6-7-9/h9-11,19H,1-8H2,(H,14,20). The fourth-order valence-electron chi connectivity index (χ4n) is 2.66. The molecule has 2 saturated carbocycles. The number of nitrogens with zero attached hydrogens (tertiary/aromatic N) is 4. The molecular formula is C13H21N5O2S. The molecule has 2 aliphatic rings. The maximum absolute atomic E-state index is 12.0. The number of aliphatic hydroxyl groups is 1. The highest BCUT2D eigenvalue weighted by molar-refractivity contribution is 7.99. The van der Waals surface area contributed by atoms with Gasteiger partial charge in [0, 0.05) is 0 Å². The van der Waals surface area contributed by atoms with Crippen molar-refractivity contribution in [3.8, 4) is 0 Å². The summed E-state index contributed by atoms with van der Waals surface area (Å²) in [7, 11) is 0. The average molecular weight is 311 g/mol. The lowest BCUT2D eigenvalue weighted by atomic mass is 10.1. The average Bonchev–Trinajstić information content (AvgIpc) is 3.24. The number of carbonyl (C=O) groups excluding carboxylic acids is 1. The van der Waals surface area contributed by atoms with Crippen LogP contribution in [0.15, 0.2) is 5.16 Å². The van der Waals surface area contributed by atoms with Crippen molar-refractivity contribution in [3.63, 3.8) is 0 Å². The lowest BCUT2D eigenvalue weighted by molar-refractivity contribution is -0.120. The maximum atomic E-state index is 12.0. The molecule has 2 unspecified atom stereocenters. The first-order chi connectivity index (χ1) is 10.2. The van der Waals surface area contributed by atoms with Crippen molar-refractivity contribution >= 4 is 17.7 Å². The van der Waals surface area contributed by atoms with Gasteiger partial charge in [0.25, 0.3) is 0 Å². The van der Waals surface area contributed by atoms with Gasteiger partial charge in [0.1, 0.15) is 0 Å². The Morgan fingerprint density at radius 3 is 2.90 bits per heavy atom. The van der Waals surface area contributed by atoms with Gasteiger partial charge in [-0.1, -0.05) is 31.0 Å². The van der Waals surface area contributed by atoms with Gasteiger partial charge in [-0.3, -0.25) is 4.79 Å². The minimum atomic E-state index is -0.418. The second kappa shape index (κ2) is 6.74. The monoisotopic (exact) mass is 311 g/mol. The van der Waals surface area contributed by atoms with Gasteiger partial charge in [0.05, 0.1) is 23.9 Å². The highest BCUT2D eigenvalue weighted by atomic mass is 32.2. The second-order valence-electron chi connectivity index (χ2n) is 5.81. The van der Waals surface area contributed by atoms with Crippen LogP contribution >= 0.6 is 11.8 Å². The van der Waals surface area contributed by atoms with E-state index in [1.165, 1.54) is 11.8 Å². The van der Waals surface area contributed by atoms with Gasteiger partial charge in [-0.15, -0.1) is 5.10 Å². The maximum Gasteiger partial charge on any atom is 0.230 e. The first-order valence-corrected chi connectivity index (χ1v) is 8.60. The first kappa shape index (κ1) is 14.8. The predicted molar refractivity (Wildman–Crippen MR) is 77.8 cm³/mol. The fourth-order valence-corrected chi connectivity index (χ4v) is 3.42. The molecule has 116 valence electrons. The molecule has 3 rings (SSSR count).